The first-order valence-corrected chi connectivity index (χ1v) is 11.8. The van der Waals surface area contributed by atoms with Gasteiger partial charge in [0.05, 0.1) is 6.26 Å². The third-order valence-corrected chi connectivity index (χ3v) is 7.05. The zero-order chi connectivity index (χ0) is 20.7. The Kier molecular flexibility index (Phi) is 5.28. The number of nitrogens with one attached hydrogen (secondary N) is 1. The van der Waals surface area contributed by atoms with Crippen molar-refractivity contribution in [3.8, 4) is 5.75 Å². The van der Waals surface area contributed by atoms with Gasteiger partial charge in [-0.05, 0) is 43.4 Å². The summed E-state index contributed by atoms with van der Waals surface area (Å²) in [5, 5.41) is 10.1. The van der Waals surface area contributed by atoms with E-state index < -0.39 is 49.9 Å². The third-order valence-electron chi connectivity index (χ3n) is 4.54. The molecule has 0 bridgehead atoms. The number of aryl methyl sites for hydroxylation is 1. The summed E-state index contributed by atoms with van der Waals surface area (Å²) in [4.78, 5) is 11.3. The summed E-state index contributed by atoms with van der Waals surface area (Å²) in [7, 11) is -7.56. The highest BCUT2D eigenvalue weighted by atomic mass is 32.2. The smallest absolute Gasteiger partial charge is 0.326 e. The molecule has 2 aliphatic rings. The van der Waals surface area contributed by atoms with Gasteiger partial charge in [-0.1, -0.05) is 5.57 Å². The van der Waals surface area contributed by atoms with Gasteiger partial charge in [0.2, 0.25) is 10.0 Å². The molecule has 0 aromatic heterocycles. The van der Waals surface area contributed by atoms with Gasteiger partial charge in [0.15, 0.2) is 5.82 Å². The van der Waals surface area contributed by atoms with Gasteiger partial charge < -0.3 is 5.11 Å². The highest BCUT2D eigenvalue weighted by Crippen LogP contribution is 2.35. The molecule has 0 radical (unpaired) electrons. The molecule has 1 fully saturated rings. The summed E-state index contributed by atoms with van der Waals surface area (Å²) < 4.78 is 65.0. The molecule has 0 aliphatic carbocycles. The minimum absolute atomic E-state index is 0.331. The molecule has 28 heavy (non-hydrogen) atoms. The number of anilines is 1. The van der Waals surface area contributed by atoms with Gasteiger partial charge >= 0.3 is 10.2 Å². The normalized spacial score (nSPS) is 19.5. The summed E-state index contributed by atoms with van der Waals surface area (Å²) in [5.74, 6) is -2.38. The maximum Gasteiger partial charge on any atom is 0.326 e. The van der Waals surface area contributed by atoms with E-state index in [1.54, 1.807) is 10.9 Å². The number of hydrogen-bond acceptors (Lipinski definition) is 6. The van der Waals surface area contributed by atoms with Crippen molar-refractivity contribution in [2.45, 2.75) is 25.7 Å². The van der Waals surface area contributed by atoms with E-state index in [0.29, 0.717) is 35.7 Å². The summed E-state index contributed by atoms with van der Waals surface area (Å²) in [5.41, 5.74) is 0.729. The molecular weight excluding hydrogens is 413 g/mol. The highest BCUT2D eigenvalue weighted by molar-refractivity contribution is 7.92. The standard InChI is InChI=1S/C16H20FN3O6S2/c1-27(23,24)19-6-2-3-11(9-19)4-5-12-7-13(17)16(14(21)8-12)20-10-15(22)18-28(20,25)26/h7-9,21H,2-6,10H2,1H3,(H,18,22). The fourth-order valence-electron chi connectivity index (χ4n) is 3.23. The Balaban J connectivity index is 1.78. The molecule has 1 amide bonds. The first-order valence-electron chi connectivity index (χ1n) is 8.48. The van der Waals surface area contributed by atoms with E-state index in [-0.39, 0.29) is 0 Å². The predicted octanol–water partition coefficient (Wildman–Crippen LogP) is 0.584. The number of amides is 1. The first-order chi connectivity index (χ1) is 13.0. The zero-order valence-electron chi connectivity index (χ0n) is 15.1. The van der Waals surface area contributed by atoms with E-state index in [9.17, 15) is 31.1 Å². The topological polar surface area (TPSA) is 124 Å². The SMILES string of the molecule is CS(=O)(=O)N1C=C(CCc2cc(O)c(N3CC(=O)NS3(=O)=O)c(F)c2)CCC1. The van der Waals surface area contributed by atoms with Gasteiger partial charge in [0, 0.05) is 12.7 Å². The van der Waals surface area contributed by atoms with Crippen molar-refractivity contribution in [3.05, 3.63) is 35.3 Å². The van der Waals surface area contributed by atoms with E-state index in [2.05, 4.69) is 0 Å². The molecule has 3 rings (SSSR count). The molecule has 9 nitrogen and oxygen atoms in total. The Hall–Kier alpha value is -2.34. The summed E-state index contributed by atoms with van der Waals surface area (Å²) in [6.07, 6.45) is 4.91. The summed E-state index contributed by atoms with van der Waals surface area (Å²) >= 11 is 0. The fourth-order valence-corrected chi connectivity index (χ4v) is 5.20. The van der Waals surface area contributed by atoms with Crippen LogP contribution in [0.5, 0.6) is 5.75 Å². The molecule has 12 heteroatoms. The monoisotopic (exact) mass is 433 g/mol. The van der Waals surface area contributed by atoms with Crippen LogP contribution in [-0.4, -0.2) is 51.5 Å². The van der Waals surface area contributed by atoms with Crippen molar-refractivity contribution in [2.75, 3.05) is 23.7 Å². The number of carbonyl (C=O) groups excluding carboxylic acids is 1. The molecule has 1 aromatic carbocycles. The average molecular weight is 433 g/mol. The van der Waals surface area contributed by atoms with Crippen molar-refractivity contribution in [1.29, 1.82) is 0 Å². The lowest BCUT2D eigenvalue weighted by Crippen LogP contribution is -2.30. The molecule has 2 N–H and O–H groups in total. The van der Waals surface area contributed by atoms with Crippen LogP contribution in [-0.2, 0) is 31.4 Å². The molecule has 0 atom stereocenters. The quantitative estimate of drug-likeness (QED) is 0.700. The minimum atomic E-state index is -4.23. The van der Waals surface area contributed by atoms with Crippen molar-refractivity contribution < 1.29 is 31.1 Å². The van der Waals surface area contributed by atoms with Gasteiger partial charge in [-0.15, -0.1) is 0 Å². The maximum absolute atomic E-state index is 14.5. The number of nitrogens with zero attached hydrogens (tertiary/aromatic N) is 2. The Morgan fingerprint density at radius 1 is 1.29 bits per heavy atom. The van der Waals surface area contributed by atoms with Crippen LogP contribution >= 0.6 is 0 Å². The number of sulfonamides is 1. The second-order valence-corrected chi connectivity index (χ2v) is 10.3. The van der Waals surface area contributed by atoms with Crippen LogP contribution in [0.1, 0.15) is 24.8 Å². The number of allylic oxidation sites excluding steroid dienone is 1. The Bertz CT molecular complexity index is 1030. The minimum Gasteiger partial charge on any atom is -0.506 e. The number of benzene rings is 1. The first kappa shape index (κ1) is 20.4. The average Bonchev–Trinajstić information content (AvgIpc) is 2.84. The molecule has 2 aliphatic heterocycles. The van der Waals surface area contributed by atoms with E-state index in [0.717, 1.165) is 24.3 Å². The Morgan fingerprint density at radius 2 is 2.00 bits per heavy atom. The molecule has 0 unspecified atom stereocenters. The van der Waals surface area contributed by atoms with E-state index in [1.165, 1.54) is 10.4 Å². The number of halogens is 1. The molecular formula is C16H20FN3O6S2. The van der Waals surface area contributed by atoms with Gasteiger partial charge in [-0.25, -0.2) is 21.8 Å². The molecule has 0 spiro atoms. The molecule has 0 saturated carbocycles. The Morgan fingerprint density at radius 3 is 2.57 bits per heavy atom. The van der Waals surface area contributed by atoms with Crippen molar-refractivity contribution in [3.63, 3.8) is 0 Å². The number of hydrogen-bond donors (Lipinski definition) is 2. The third kappa shape index (κ3) is 4.22. The number of phenols is 1. The number of rotatable bonds is 5. The lowest BCUT2D eigenvalue weighted by Gasteiger charge is -2.25. The van der Waals surface area contributed by atoms with Gasteiger partial charge in [0.25, 0.3) is 5.91 Å². The Labute approximate surface area is 162 Å². The van der Waals surface area contributed by atoms with E-state index in [1.807, 2.05) is 0 Å². The van der Waals surface area contributed by atoms with Crippen LogP contribution in [0.3, 0.4) is 0 Å². The van der Waals surface area contributed by atoms with Gasteiger partial charge in [-0.3, -0.25) is 9.10 Å². The molecule has 1 saturated heterocycles. The number of aromatic hydroxyl groups is 1. The van der Waals surface area contributed by atoms with Gasteiger partial charge in [0.1, 0.15) is 18.0 Å². The zero-order valence-corrected chi connectivity index (χ0v) is 16.7. The number of carbonyl (C=O) groups is 1. The van der Waals surface area contributed by atoms with Crippen LogP contribution in [0.4, 0.5) is 10.1 Å². The molecule has 1 aromatic rings. The van der Waals surface area contributed by atoms with Crippen LogP contribution in [0, 0.1) is 5.82 Å². The molecule has 154 valence electrons. The fraction of sp³-hybridized carbons (Fsp3) is 0.438. The van der Waals surface area contributed by atoms with Gasteiger partial charge in [-0.2, -0.15) is 8.42 Å². The van der Waals surface area contributed by atoms with Crippen LogP contribution in [0.25, 0.3) is 0 Å². The van der Waals surface area contributed by atoms with Crippen molar-refractivity contribution in [2.24, 2.45) is 0 Å². The van der Waals surface area contributed by atoms with E-state index >= 15 is 0 Å². The van der Waals surface area contributed by atoms with Crippen LogP contribution in [0.2, 0.25) is 0 Å². The largest absolute Gasteiger partial charge is 0.506 e. The number of phenolic OH excluding ortho intramolecular Hbond substituents is 1. The van der Waals surface area contributed by atoms with Crippen molar-refractivity contribution >= 4 is 31.8 Å². The van der Waals surface area contributed by atoms with Crippen molar-refractivity contribution in [1.82, 2.24) is 9.03 Å². The second kappa shape index (κ2) is 7.24. The summed E-state index contributed by atoms with van der Waals surface area (Å²) in [6, 6.07) is 2.35. The van der Waals surface area contributed by atoms with E-state index in [4.69, 9.17) is 0 Å². The van der Waals surface area contributed by atoms with Crippen LogP contribution in [0.15, 0.2) is 23.9 Å². The second-order valence-electron chi connectivity index (χ2n) is 6.75. The lowest BCUT2D eigenvalue weighted by molar-refractivity contribution is -0.117. The molecule has 2 heterocycles. The predicted molar refractivity (Wildman–Crippen MR) is 99.7 cm³/mol. The maximum atomic E-state index is 14.5. The summed E-state index contributed by atoms with van der Waals surface area (Å²) in [6.45, 7) is -0.191. The highest BCUT2D eigenvalue weighted by Gasteiger charge is 2.37. The lowest BCUT2D eigenvalue weighted by atomic mass is 9.99. The van der Waals surface area contributed by atoms with Crippen LogP contribution < -0.4 is 9.03 Å².